The summed E-state index contributed by atoms with van der Waals surface area (Å²) in [6, 6.07) is 7.85. The van der Waals surface area contributed by atoms with Gasteiger partial charge in [0.05, 0.1) is 16.7 Å². The van der Waals surface area contributed by atoms with Gasteiger partial charge in [-0.1, -0.05) is 36.1 Å². The monoisotopic (exact) mass is 350 g/mol. The summed E-state index contributed by atoms with van der Waals surface area (Å²) >= 11 is 7.01. The minimum atomic E-state index is -0.235. The van der Waals surface area contributed by atoms with E-state index in [0.717, 1.165) is 9.00 Å². The summed E-state index contributed by atoms with van der Waals surface area (Å²) in [5, 5.41) is 0.525. The fraction of sp³-hybridized carbons (Fsp3) is 0.438. The van der Waals surface area contributed by atoms with Crippen LogP contribution in [-0.4, -0.2) is 31.0 Å². The third-order valence-electron chi connectivity index (χ3n) is 3.53. The van der Waals surface area contributed by atoms with Gasteiger partial charge in [-0.3, -0.25) is 4.79 Å². The molecule has 2 rings (SSSR count). The number of nitrogen functional groups attached to an aromatic ring is 1. The number of aromatic nitrogens is 2. The standard InChI is InChI=1S/C16H22N4OS2/c1-10(2)19(11(3)4)16(22)23-9-14-18-13-8-6-5-7-12(13)15(21)20(14)17/h5-8,10-11H,9,17H2,1-4H3. The molecule has 0 saturated carbocycles. The lowest BCUT2D eigenvalue weighted by Gasteiger charge is -2.32. The molecule has 0 bridgehead atoms. The van der Waals surface area contributed by atoms with E-state index in [-0.39, 0.29) is 5.56 Å². The molecule has 0 amide bonds. The van der Waals surface area contributed by atoms with Gasteiger partial charge in [-0.05, 0) is 39.8 Å². The fourth-order valence-electron chi connectivity index (χ4n) is 2.51. The summed E-state index contributed by atoms with van der Waals surface area (Å²) in [7, 11) is 0. The minimum absolute atomic E-state index is 0.235. The van der Waals surface area contributed by atoms with Crippen LogP contribution in [0.4, 0.5) is 0 Å². The van der Waals surface area contributed by atoms with Crippen LogP contribution in [0.5, 0.6) is 0 Å². The van der Waals surface area contributed by atoms with Crippen LogP contribution in [0.2, 0.25) is 0 Å². The molecule has 1 aromatic heterocycles. The second-order valence-electron chi connectivity index (χ2n) is 5.87. The lowest BCUT2D eigenvalue weighted by atomic mass is 10.2. The van der Waals surface area contributed by atoms with E-state index < -0.39 is 0 Å². The lowest BCUT2D eigenvalue weighted by molar-refractivity contribution is 0.303. The molecule has 0 aliphatic rings. The Bertz CT molecular complexity index is 762. The van der Waals surface area contributed by atoms with E-state index in [1.165, 1.54) is 11.8 Å². The Morgan fingerprint density at radius 1 is 1.30 bits per heavy atom. The highest BCUT2D eigenvalue weighted by atomic mass is 32.2. The number of hydrogen-bond donors (Lipinski definition) is 1. The number of thiocarbonyl (C=S) groups is 1. The summed E-state index contributed by atoms with van der Waals surface area (Å²) in [4.78, 5) is 19.0. The molecule has 0 atom stereocenters. The first-order valence-corrected chi connectivity index (χ1v) is 8.93. The van der Waals surface area contributed by atoms with E-state index in [0.29, 0.717) is 34.6 Å². The van der Waals surface area contributed by atoms with Crippen molar-refractivity contribution in [2.75, 3.05) is 5.84 Å². The molecule has 124 valence electrons. The van der Waals surface area contributed by atoms with Gasteiger partial charge < -0.3 is 10.7 Å². The Labute approximate surface area is 145 Å². The Kier molecular flexibility index (Phi) is 5.64. The number of nitrogens with two attached hydrogens (primary N) is 1. The number of hydrogen-bond acceptors (Lipinski definition) is 5. The molecular weight excluding hydrogens is 328 g/mol. The summed E-state index contributed by atoms with van der Waals surface area (Å²) in [5.74, 6) is 6.89. The van der Waals surface area contributed by atoms with Crippen LogP contribution in [0.3, 0.4) is 0 Å². The molecule has 0 fully saturated rings. The average molecular weight is 351 g/mol. The first-order valence-electron chi connectivity index (χ1n) is 7.53. The van der Waals surface area contributed by atoms with Crippen LogP contribution in [0.1, 0.15) is 33.5 Å². The maximum atomic E-state index is 12.3. The third-order valence-corrected chi connectivity index (χ3v) is 4.95. The van der Waals surface area contributed by atoms with Crippen molar-refractivity contribution in [3.63, 3.8) is 0 Å². The molecule has 1 aromatic carbocycles. The van der Waals surface area contributed by atoms with E-state index in [4.69, 9.17) is 18.1 Å². The van der Waals surface area contributed by atoms with Gasteiger partial charge in [0, 0.05) is 12.1 Å². The van der Waals surface area contributed by atoms with Gasteiger partial charge >= 0.3 is 0 Å². The van der Waals surface area contributed by atoms with Gasteiger partial charge in [-0.25, -0.2) is 9.66 Å². The van der Waals surface area contributed by atoms with Gasteiger partial charge in [-0.15, -0.1) is 0 Å². The number of nitrogens with zero attached hydrogens (tertiary/aromatic N) is 3. The first-order chi connectivity index (χ1) is 10.8. The molecule has 0 radical (unpaired) electrons. The molecule has 23 heavy (non-hydrogen) atoms. The van der Waals surface area contributed by atoms with E-state index in [1.54, 1.807) is 12.1 Å². The number of rotatable bonds is 4. The zero-order valence-corrected chi connectivity index (χ0v) is 15.4. The van der Waals surface area contributed by atoms with Crippen LogP contribution in [0, 0.1) is 0 Å². The molecule has 1 heterocycles. The summed E-state index contributed by atoms with van der Waals surface area (Å²) in [6.07, 6.45) is 0. The van der Waals surface area contributed by atoms with Gasteiger partial charge in [0.1, 0.15) is 10.1 Å². The van der Waals surface area contributed by atoms with E-state index >= 15 is 0 Å². The third kappa shape index (κ3) is 3.84. The van der Waals surface area contributed by atoms with E-state index in [9.17, 15) is 4.79 Å². The second kappa shape index (κ2) is 7.31. The molecule has 0 aliphatic carbocycles. The lowest BCUT2D eigenvalue weighted by Crippen LogP contribution is -2.40. The highest BCUT2D eigenvalue weighted by Crippen LogP contribution is 2.19. The van der Waals surface area contributed by atoms with Crippen LogP contribution in [-0.2, 0) is 5.75 Å². The normalized spacial score (nSPS) is 11.4. The summed E-state index contributed by atoms with van der Waals surface area (Å²) in [5.41, 5.74) is 0.423. The van der Waals surface area contributed by atoms with Crippen molar-refractivity contribution >= 4 is 39.2 Å². The van der Waals surface area contributed by atoms with Crippen LogP contribution >= 0.6 is 24.0 Å². The molecule has 0 spiro atoms. The maximum Gasteiger partial charge on any atom is 0.279 e. The van der Waals surface area contributed by atoms with Crippen LogP contribution in [0.25, 0.3) is 10.9 Å². The molecule has 0 unspecified atom stereocenters. The molecule has 7 heteroatoms. The highest BCUT2D eigenvalue weighted by Gasteiger charge is 2.18. The highest BCUT2D eigenvalue weighted by molar-refractivity contribution is 8.22. The van der Waals surface area contributed by atoms with Crippen LogP contribution in [0.15, 0.2) is 29.1 Å². The molecule has 2 N–H and O–H groups in total. The van der Waals surface area contributed by atoms with Gasteiger partial charge in [-0.2, -0.15) is 0 Å². The topological polar surface area (TPSA) is 64.2 Å². The van der Waals surface area contributed by atoms with Crippen molar-refractivity contribution in [3.05, 3.63) is 40.4 Å². The number of para-hydroxylation sites is 1. The Balaban J connectivity index is 2.24. The number of fused-ring (bicyclic) bond motifs is 1. The Morgan fingerprint density at radius 3 is 2.52 bits per heavy atom. The number of thioether (sulfide) groups is 1. The SMILES string of the molecule is CC(C)N(C(=S)SCc1nc2ccccc2c(=O)n1N)C(C)C. The van der Waals surface area contributed by atoms with E-state index in [1.807, 2.05) is 12.1 Å². The summed E-state index contributed by atoms with van der Waals surface area (Å²) < 4.78 is 1.91. The summed E-state index contributed by atoms with van der Waals surface area (Å²) in [6.45, 7) is 8.44. The van der Waals surface area contributed by atoms with Crippen molar-refractivity contribution in [2.45, 2.75) is 45.5 Å². The van der Waals surface area contributed by atoms with Crippen molar-refractivity contribution < 1.29 is 0 Å². The van der Waals surface area contributed by atoms with Gasteiger partial charge in [0.15, 0.2) is 0 Å². The van der Waals surface area contributed by atoms with Gasteiger partial charge in [0.2, 0.25) is 0 Å². The van der Waals surface area contributed by atoms with Crippen molar-refractivity contribution in [1.29, 1.82) is 0 Å². The predicted molar refractivity (Wildman–Crippen MR) is 102 cm³/mol. The fourth-order valence-corrected chi connectivity index (χ4v) is 4.14. The Morgan fingerprint density at radius 2 is 1.91 bits per heavy atom. The largest absolute Gasteiger partial charge is 0.353 e. The van der Waals surface area contributed by atoms with Crippen LogP contribution < -0.4 is 11.4 Å². The van der Waals surface area contributed by atoms with Crippen molar-refractivity contribution in [3.8, 4) is 0 Å². The van der Waals surface area contributed by atoms with Crippen molar-refractivity contribution in [2.24, 2.45) is 0 Å². The average Bonchev–Trinajstić information content (AvgIpc) is 2.48. The molecule has 5 nitrogen and oxygen atoms in total. The van der Waals surface area contributed by atoms with Gasteiger partial charge in [0.25, 0.3) is 5.56 Å². The second-order valence-corrected chi connectivity index (χ2v) is 7.48. The van der Waals surface area contributed by atoms with E-state index in [2.05, 4.69) is 37.6 Å². The smallest absolute Gasteiger partial charge is 0.279 e. The zero-order chi connectivity index (χ0) is 17.1. The molecule has 2 aromatic rings. The quantitative estimate of drug-likeness (QED) is 0.676. The Hall–Kier alpha value is -1.60. The predicted octanol–water partition coefficient (Wildman–Crippen LogP) is 2.75. The molecular formula is C16H22N4OS2. The molecule has 0 saturated heterocycles. The maximum absolute atomic E-state index is 12.3. The zero-order valence-electron chi connectivity index (χ0n) is 13.8. The minimum Gasteiger partial charge on any atom is -0.353 e. The number of benzene rings is 1. The molecule has 0 aliphatic heterocycles. The van der Waals surface area contributed by atoms with Crippen molar-refractivity contribution in [1.82, 2.24) is 14.6 Å². The first kappa shape index (κ1) is 17.7.